The van der Waals surface area contributed by atoms with E-state index in [0.717, 1.165) is 31.5 Å². The number of hydrogen-bond acceptors (Lipinski definition) is 1. The van der Waals surface area contributed by atoms with Gasteiger partial charge in [-0.25, -0.2) is 0 Å². The summed E-state index contributed by atoms with van der Waals surface area (Å²) in [5.74, 6) is 0.604. The van der Waals surface area contributed by atoms with Crippen LogP contribution in [0.4, 0.5) is 5.69 Å². The maximum Gasteiger partial charge on any atom is 0.170 e. The first-order valence-electron chi connectivity index (χ1n) is 8.37. The highest BCUT2D eigenvalue weighted by Gasteiger charge is 2.03. The minimum Gasteiger partial charge on any atom is -0.362 e. The Bertz CT molecular complexity index is 593. The first kappa shape index (κ1) is 17.5. The molecule has 1 atom stereocenters. The SMILES string of the molecule is CC[C@H](C)c1ccc(NC(=S)NCCCc2ccccc2)cc1. The quantitative estimate of drug-likeness (QED) is 0.545. The van der Waals surface area contributed by atoms with Gasteiger partial charge in [0.25, 0.3) is 0 Å². The van der Waals surface area contributed by atoms with Gasteiger partial charge in [-0.3, -0.25) is 0 Å². The molecule has 2 aromatic carbocycles. The highest BCUT2D eigenvalue weighted by molar-refractivity contribution is 7.80. The topological polar surface area (TPSA) is 24.1 Å². The molecule has 122 valence electrons. The Morgan fingerprint density at radius 2 is 1.74 bits per heavy atom. The van der Waals surface area contributed by atoms with Crippen LogP contribution in [0, 0.1) is 0 Å². The van der Waals surface area contributed by atoms with Gasteiger partial charge >= 0.3 is 0 Å². The van der Waals surface area contributed by atoms with Gasteiger partial charge in [-0.2, -0.15) is 0 Å². The van der Waals surface area contributed by atoms with Gasteiger partial charge in [0.1, 0.15) is 0 Å². The van der Waals surface area contributed by atoms with E-state index in [9.17, 15) is 0 Å². The molecule has 23 heavy (non-hydrogen) atoms. The maximum absolute atomic E-state index is 5.35. The van der Waals surface area contributed by atoms with Crippen LogP contribution in [0.1, 0.15) is 43.7 Å². The maximum atomic E-state index is 5.35. The van der Waals surface area contributed by atoms with Crippen molar-refractivity contribution >= 4 is 23.0 Å². The molecule has 0 amide bonds. The minimum atomic E-state index is 0.604. The number of nitrogens with one attached hydrogen (secondary N) is 2. The van der Waals surface area contributed by atoms with Crippen molar-refractivity contribution in [3.8, 4) is 0 Å². The summed E-state index contributed by atoms with van der Waals surface area (Å²) in [6.45, 7) is 5.35. The second-order valence-corrected chi connectivity index (χ2v) is 6.31. The summed E-state index contributed by atoms with van der Waals surface area (Å²) in [6.07, 6.45) is 3.30. The Labute approximate surface area is 145 Å². The van der Waals surface area contributed by atoms with E-state index in [2.05, 4.69) is 73.0 Å². The monoisotopic (exact) mass is 326 g/mol. The predicted molar refractivity (Wildman–Crippen MR) is 104 cm³/mol. The molecule has 0 aliphatic rings. The fourth-order valence-electron chi connectivity index (χ4n) is 2.45. The van der Waals surface area contributed by atoms with Crippen molar-refractivity contribution in [3.63, 3.8) is 0 Å². The van der Waals surface area contributed by atoms with Crippen molar-refractivity contribution in [2.75, 3.05) is 11.9 Å². The highest BCUT2D eigenvalue weighted by Crippen LogP contribution is 2.20. The second kappa shape index (κ2) is 9.31. The first-order valence-corrected chi connectivity index (χ1v) is 8.78. The van der Waals surface area contributed by atoms with Crippen LogP contribution >= 0.6 is 12.2 Å². The number of hydrogen-bond donors (Lipinski definition) is 2. The van der Waals surface area contributed by atoms with Crippen molar-refractivity contribution in [3.05, 3.63) is 65.7 Å². The lowest BCUT2D eigenvalue weighted by Crippen LogP contribution is -2.29. The summed E-state index contributed by atoms with van der Waals surface area (Å²) in [5, 5.41) is 7.20. The van der Waals surface area contributed by atoms with Crippen molar-refractivity contribution in [2.45, 2.75) is 39.0 Å². The van der Waals surface area contributed by atoms with E-state index in [-0.39, 0.29) is 0 Å². The molecule has 2 aromatic rings. The molecular formula is C20H26N2S. The smallest absolute Gasteiger partial charge is 0.170 e. The average Bonchev–Trinajstić information content (AvgIpc) is 2.59. The summed E-state index contributed by atoms with van der Waals surface area (Å²) < 4.78 is 0. The number of benzene rings is 2. The Kier molecular flexibility index (Phi) is 7.08. The zero-order valence-corrected chi connectivity index (χ0v) is 14.8. The van der Waals surface area contributed by atoms with Crippen LogP contribution in [-0.2, 0) is 6.42 Å². The number of aryl methyl sites for hydroxylation is 1. The molecule has 2 nitrogen and oxygen atoms in total. The first-order chi connectivity index (χ1) is 11.2. The molecule has 2 rings (SSSR count). The number of anilines is 1. The molecule has 0 aliphatic heterocycles. The predicted octanol–water partition coefficient (Wildman–Crippen LogP) is 5.12. The second-order valence-electron chi connectivity index (χ2n) is 5.90. The van der Waals surface area contributed by atoms with E-state index in [1.165, 1.54) is 11.1 Å². The summed E-state index contributed by atoms with van der Waals surface area (Å²) in [4.78, 5) is 0. The minimum absolute atomic E-state index is 0.604. The highest BCUT2D eigenvalue weighted by atomic mass is 32.1. The molecule has 2 N–H and O–H groups in total. The van der Waals surface area contributed by atoms with Crippen LogP contribution in [0.2, 0.25) is 0 Å². The Morgan fingerprint density at radius 1 is 1.04 bits per heavy atom. The van der Waals surface area contributed by atoms with Gasteiger partial charge in [0.15, 0.2) is 5.11 Å². The third kappa shape index (κ3) is 6.03. The molecular weight excluding hydrogens is 300 g/mol. The number of rotatable bonds is 7. The molecule has 3 heteroatoms. The van der Waals surface area contributed by atoms with Crippen LogP contribution in [-0.4, -0.2) is 11.7 Å². The molecule has 0 aliphatic carbocycles. The lowest BCUT2D eigenvalue weighted by molar-refractivity contribution is 0.734. The zero-order chi connectivity index (χ0) is 16.5. The van der Waals surface area contributed by atoms with Gasteiger partial charge in [-0.1, -0.05) is 56.3 Å². The number of thiocarbonyl (C=S) groups is 1. The summed E-state index contributed by atoms with van der Waals surface area (Å²) in [5.41, 5.74) is 3.78. The van der Waals surface area contributed by atoms with Gasteiger partial charge < -0.3 is 10.6 Å². The lowest BCUT2D eigenvalue weighted by atomic mass is 9.99. The van der Waals surface area contributed by atoms with E-state index in [0.29, 0.717) is 11.0 Å². The van der Waals surface area contributed by atoms with Gasteiger partial charge in [0.2, 0.25) is 0 Å². The Morgan fingerprint density at radius 3 is 2.39 bits per heavy atom. The Balaban J connectivity index is 1.70. The fraction of sp³-hybridized carbons (Fsp3) is 0.350. The Hall–Kier alpha value is -1.87. The summed E-state index contributed by atoms with van der Waals surface area (Å²) in [7, 11) is 0. The van der Waals surface area contributed by atoms with Crippen LogP contribution in [0.25, 0.3) is 0 Å². The van der Waals surface area contributed by atoms with Gasteiger partial charge in [0.05, 0.1) is 0 Å². The molecule has 0 saturated carbocycles. The van der Waals surface area contributed by atoms with Crippen molar-refractivity contribution in [1.82, 2.24) is 5.32 Å². The van der Waals surface area contributed by atoms with Crippen molar-refractivity contribution in [2.24, 2.45) is 0 Å². The average molecular weight is 327 g/mol. The normalized spacial score (nSPS) is 11.7. The van der Waals surface area contributed by atoms with Gasteiger partial charge in [0, 0.05) is 12.2 Å². The molecule has 0 unspecified atom stereocenters. The van der Waals surface area contributed by atoms with E-state index < -0.39 is 0 Å². The fourth-order valence-corrected chi connectivity index (χ4v) is 2.66. The van der Waals surface area contributed by atoms with Gasteiger partial charge in [-0.05, 0) is 60.7 Å². The van der Waals surface area contributed by atoms with E-state index in [1.54, 1.807) is 0 Å². The molecule has 0 fully saturated rings. The van der Waals surface area contributed by atoms with Crippen molar-refractivity contribution in [1.29, 1.82) is 0 Å². The van der Waals surface area contributed by atoms with Crippen LogP contribution in [0.15, 0.2) is 54.6 Å². The van der Waals surface area contributed by atoms with Crippen LogP contribution in [0.3, 0.4) is 0 Å². The molecule has 0 saturated heterocycles. The van der Waals surface area contributed by atoms with Crippen molar-refractivity contribution < 1.29 is 0 Å². The zero-order valence-electron chi connectivity index (χ0n) is 14.0. The molecule has 0 radical (unpaired) electrons. The van der Waals surface area contributed by atoms with Crippen LogP contribution in [0.5, 0.6) is 0 Å². The molecule has 0 aromatic heterocycles. The third-order valence-corrected chi connectivity index (χ3v) is 4.37. The third-order valence-electron chi connectivity index (χ3n) is 4.12. The summed E-state index contributed by atoms with van der Waals surface area (Å²) >= 11 is 5.35. The van der Waals surface area contributed by atoms with E-state index in [4.69, 9.17) is 12.2 Å². The van der Waals surface area contributed by atoms with E-state index >= 15 is 0 Å². The lowest BCUT2D eigenvalue weighted by Gasteiger charge is -2.13. The van der Waals surface area contributed by atoms with Gasteiger partial charge in [-0.15, -0.1) is 0 Å². The van der Waals surface area contributed by atoms with E-state index in [1.807, 2.05) is 6.07 Å². The molecule has 0 heterocycles. The summed E-state index contributed by atoms with van der Waals surface area (Å²) in [6, 6.07) is 19.1. The molecule has 0 bridgehead atoms. The van der Waals surface area contributed by atoms with Crippen LogP contribution < -0.4 is 10.6 Å². The molecule has 0 spiro atoms. The standard InChI is InChI=1S/C20H26N2S/c1-3-16(2)18-11-13-19(14-12-18)22-20(23)21-15-7-10-17-8-5-4-6-9-17/h4-6,8-9,11-14,16H,3,7,10,15H2,1-2H3,(H2,21,22,23)/t16-/m0/s1. The largest absolute Gasteiger partial charge is 0.362 e.